The molecule has 1 aliphatic rings. The van der Waals surface area contributed by atoms with Crippen molar-refractivity contribution in [1.29, 1.82) is 0 Å². The van der Waals surface area contributed by atoms with E-state index in [2.05, 4.69) is 9.88 Å². The topological polar surface area (TPSA) is 82.7 Å². The lowest BCUT2D eigenvalue weighted by atomic mass is 10.1. The van der Waals surface area contributed by atoms with Crippen LogP contribution in [0.15, 0.2) is 24.4 Å². The first-order valence-electron chi connectivity index (χ1n) is 9.02. The van der Waals surface area contributed by atoms with E-state index in [0.717, 1.165) is 29.7 Å². The fourth-order valence-corrected chi connectivity index (χ4v) is 4.09. The Morgan fingerprint density at radius 2 is 1.69 bits per heavy atom. The molecule has 0 bridgehead atoms. The number of pyridine rings is 2. The number of benzene rings is 1. The van der Waals surface area contributed by atoms with Crippen LogP contribution in [-0.2, 0) is 4.74 Å². The van der Waals surface area contributed by atoms with E-state index in [4.69, 9.17) is 48.1 Å². The summed E-state index contributed by atoms with van der Waals surface area (Å²) < 4.78 is 16.3. The molecule has 0 atom stereocenters. The zero-order valence-corrected chi connectivity index (χ0v) is 17.5. The van der Waals surface area contributed by atoms with Crippen LogP contribution in [-0.4, -0.2) is 50.5 Å². The molecule has 0 aliphatic carbocycles. The molecular formula is C20H20Cl2N4O3. The monoisotopic (exact) mass is 434 g/mol. The molecule has 0 spiro atoms. The van der Waals surface area contributed by atoms with Crippen LogP contribution in [0.2, 0.25) is 10.0 Å². The molecule has 2 aromatic heterocycles. The lowest BCUT2D eigenvalue weighted by Crippen LogP contribution is -2.37. The average molecular weight is 435 g/mol. The lowest BCUT2D eigenvalue weighted by Gasteiger charge is -2.29. The molecule has 1 aromatic carbocycles. The third-order valence-corrected chi connectivity index (χ3v) is 5.61. The molecule has 3 aromatic rings. The summed E-state index contributed by atoms with van der Waals surface area (Å²) in [5.74, 6) is 2.12. The Labute approximate surface area is 178 Å². The minimum absolute atomic E-state index is 0.362. The number of anilines is 2. The summed E-state index contributed by atoms with van der Waals surface area (Å²) in [6, 6.07) is 5.37. The smallest absolute Gasteiger partial charge is 0.141 e. The number of halogens is 2. The van der Waals surface area contributed by atoms with Crippen molar-refractivity contribution in [3.63, 3.8) is 0 Å². The van der Waals surface area contributed by atoms with E-state index in [1.807, 2.05) is 12.1 Å². The van der Waals surface area contributed by atoms with Gasteiger partial charge >= 0.3 is 0 Å². The Hall–Kier alpha value is -2.48. The number of hydrogen-bond acceptors (Lipinski definition) is 7. The van der Waals surface area contributed by atoms with Gasteiger partial charge in [-0.1, -0.05) is 23.2 Å². The molecule has 1 aliphatic heterocycles. The van der Waals surface area contributed by atoms with Gasteiger partial charge in [-0.05, 0) is 12.1 Å². The van der Waals surface area contributed by atoms with Crippen molar-refractivity contribution in [2.45, 2.75) is 0 Å². The summed E-state index contributed by atoms with van der Waals surface area (Å²) in [7, 11) is 3.08. The third-order valence-electron chi connectivity index (χ3n) is 4.86. The van der Waals surface area contributed by atoms with Gasteiger partial charge in [-0.2, -0.15) is 0 Å². The molecule has 1 fully saturated rings. The van der Waals surface area contributed by atoms with E-state index in [9.17, 15) is 0 Å². The fourth-order valence-electron chi connectivity index (χ4n) is 3.40. The van der Waals surface area contributed by atoms with Gasteiger partial charge in [0.1, 0.15) is 23.1 Å². The molecule has 1 saturated heterocycles. The minimum atomic E-state index is 0.362. The zero-order valence-electron chi connectivity index (χ0n) is 16.0. The Kier molecular flexibility index (Phi) is 5.54. The highest BCUT2D eigenvalue weighted by Crippen LogP contribution is 2.46. The molecule has 2 N–H and O–H groups in total. The average Bonchev–Trinajstić information content (AvgIpc) is 2.74. The summed E-state index contributed by atoms with van der Waals surface area (Å²) in [6.45, 7) is 2.69. The summed E-state index contributed by atoms with van der Waals surface area (Å²) in [6.07, 6.45) is 1.72. The maximum absolute atomic E-state index is 6.62. The predicted octanol–water partition coefficient (Wildman–Crippen LogP) is 4.04. The van der Waals surface area contributed by atoms with Gasteiger partial charge in [-0.3, -0.25) is 0 Å². The van der Waals surface area contributed by atoms with E-state index in [1.54, 1.807) is 12.3 Å². The van der Waals surface area contributed by atoms with Crippen LogP contribution in [0.25, 0.3) is 22.0 Å². The molecule has 9 heteroatoms. The van der Waals surface area contributed by atoms with Crippen molar-refractivity contribution in [2.24, 2.45) is 0 Å². The molecule has 152 valence electrons. The Morgan fingerprint density at radius 3 is 2.31 bits per heavy atom. The quantitative estimate of drug-likeness (QED) is 0.662. The highest BCUT2D eigenvalue weighted by molar-refractivity contribution is 6.41. The number of nitrogen functional groups attached to an aromatic ring is 1. The number of nitrogens with zero attached hydrogens (tertiary/aromatic N) is 3. The van der Waals surface area contributed by atoms with Crippen LogP contribution in [0, 0.1) is 0 Å². The number of fused-ring (bicyclic) bond motifs is 1. The molecule has 0 amide bonds. The van der Waals surface area contributed by atoms with Gasteiger partial charge in [-0.15, -0.1) is 0 Å². The van der Waals surface area contributed by atoms with Gasteiger partial charge in [0.2, 0.25) is 0 Å². The number of methoxy groups -OCH3 is 2. The molecule has 0 unspecified atom stereocenters. The second-order valence-corrected chi connectivity index (χ2v) is 7.30. The van der Waals surface area contributed by atoms with Gasteiger partial charge in [0.05, 0.1) is 43.2 Å². The van der Waals surface area contributed by atoms with E-state index < -0.39 is 0 Å². The predicted molar refractivity (Wildman–Crippen MR) is 116 cm³/mol. The SMILES string of the molecule is COc1cc(OC)c(Cl)c(-c2cc3cnc(N)cc3c(N3CCOCC3)n2)c1Cl. The van der Waals surface area contributed by atoms with Crippen LogP contribution >= 0.6 is 23.2 Å². The highest BCUT2D eigenvalue weighted by Gasteiger charge is 2.23. The summed E-state index contributed by atoms with van der Waals surface area (Å²) in [4.78, 5) is 11.3. The zero-order chi connectivity index (χ0) is 20.5. The summed E-state index contributed by atoms with van der Waals surface area (Å²) in [5.41, 5.74) is 7.07. The Bertz CT molecular complexity index is 1040. The number of ether oxygens (including phenoxy) is 3. The number of hydrogen-bond donors (Lipinski definition) is 1. The number of nitrogens with two attached hydrogens (primary N) is 1. The normalized spacial score (nSPS) is 14.3. The fraction of sp³-hybridized carbons (Fsp3) is 0.300. The van der Waals surface area contributed by atoms with Crippen molar-refractivity contribution in [3.8, 4) is 22.8 Å². The van der Waals surface area contributed by atoms with E-state index in [0.29, 0.717) is 51.8 Å². The first kappa shape index (κ1) is 19.8. The van der Waals surface area contributed by atoms with E-state index >= 15 is 0 Å². The van der Waals surface area contributed by atoms with Crippen LogP contribution in [0.1, 0.15) is 0 Å². The summed E-state index contributed by atoms with van der Waals surface area (Å²) in [5, 5.41) is 2.51. The molecule has 4 rings (SSSR count). The van der Waals surface area contributed by atoms with Gasteiger partial charge in [0, 0.05) is 41.7 Å². The molecule has 0 saturated carbocycles. The van der Waals surface area contributed by atoms with Crippen LogP contribution < -0.4 is 20.1 Å². The third kappa shape index (κ3) is 3.61. The second kappa shape index (κ2) is 8.10. The number of rotatable bonds is 4. The number of morpholine rings is 1. The van der Waals surface area contributed by atoms with Gasteiger partial charge in [-0.25, -0.2) is 9.97 Å². The van der Waals surface area contributed by atoms with Crippen molar-refractivity contribution in [3.05, 3.63) is 34.4 Å². The lowest BCUT2D eigenvalue weighted by molar-refractivity contribution is 0.122. The molecule has 0 radical (unpaired) electrons. The second-order valence-electron chi connectivity index (χ2n) is 6.54. The maximum Gasteiger partial charge on any atom is 0.141 e. The van der Waals surface area contributed by atoms with Crippen LogP contribution in [0.3, 0.4) is 0 Å². The van der Waals surface area contributed by atoms with E-state index in [1.165, 1.54) is 14.2 Å². The van der Waals surface area contributed by atoms with E-state index in [-0.39, 0.29) is 0 Å². The number of aromatic nitrogens is 2. The first-order valence-corrected chi connectivity index (χ1v) is 9.78. The van der Waals surface area contributed by atoms with Crippen molar-refractivity contribution in [2.75, 3.05) is 51.2 Å². The highest BCUT2D eigenvalue weighted by atomic mass is 35.5. The first-order chi connectivity index (χ1) is 14.0. The minimum Gasteiger partial charge on any atom is -0.495 e. The van der Waals surface area contributed by atoms with Gasteiger partial charge in [0.25, 0.3) is 0 Å². The van der Waals surface area contributed by atoms with Crippen molar-refractivity contribution < 1.29 is 14.2 Å². The molecule has 29 heavy (non-hydrogen) atoms. The van der Waals surface area contributed by atoms with Crippen molar-refractivity contribution in [1.82, 2.24) is 9.97 Å². The Morgan fingerprint density at radius 1 is 1.03 bits per heavy atom. The van der Waals surface area contributed by atoms with Gasteiger partial charge < -0.3 is 24.8 Å². The van der Waals surface area contributed by atoms with Crippen LogP contribution in [0.5, 0.6) is 11.5 Å². The largest absolute Gasteiger partial charge is 0.495 e. The van der Waals surface area contributed by atoms with Gasteiger partial charge in [0.15, 0.2) is 0 Å². The Balaban J connectivity index is 1.99. The van der Waals surface area contributed by atoms with Crippen molar-refractivity contribution >= 4 is 45.6 Å². The molecule has 7 nitrogen and oxygen atoms in total. The molecule has 3 heterocycles. The standard InChI is InChI=1S/C20H20Cl2N4O3/c1-27-14-9-15(28-2)19(22)17(18(14)21)13-7-11-10-24-16(23)8-12(11)20(25-13)26-3-5-29-6-4-26/h7-10H,3-6H2,1-2H3,(H2,23,24). The maximum atomic E-state index is 6.62. The summed E-state index contributed by atoms with van der Waals surface area (Å²) >= 11 is 13.2. The molecular weight excluding hydrogens is 415 g/mol. The van der Waals surface area contributed by atoms with Crippen LogP contribution in [0.4, 0.5) is 11.6 Å².